The Kier molecular flexibility index (Phi) is 4.19. The lowest BCUT2D eigenvalue weighted by atomic mass is 10.2. The quantitative estimate of drug-likeness (QED) is 0.780. The first-order chi connectivity index (χ1) is 10.1. The molecule has 0 amide bonds. The van der Waals surface area contributed by atoms with Crippen molar-refractivity contribution < 1.29 is 0 Å². The van der Waals surface area contributed by atoms with Crippen LogP contribution in [0.4, 0.5) is 0 Å². The summed E-state index contributed by atoms with van der Waals surface area (Å²) in [6, 6.07) is 4.50. The van der Waals surface area contributed by atoms with Crippen LogP contribution in [0.5, 0.6) is 0 Å². The predicted molar refractivity (Wildman–Crippen MR) is 87.8 cm³/mol. The van der Waals surface area contributed by atoms with E-state index in [1.807, 2.05) is 25.6 Å². The number of rotatable bonds is 5. The SMILES string of the molecule is Cc1cnc(C(C)NC(c2cccs2)c2nccn2C)s1. The number of thiazole rings is 1. The van der Waals surface area contributed by atoms with Crippen LogP contribution in [0.2, 0.25) is 0 Å². The van der Waals surface area contributed by atoms with Crippen molar-refractivity contribution in [2.24, 2.45) is 7.05 Å². The fourth-order valence-corrected chi connectivity index (χ4v) is 3.85. The summed E-state index contributed by atoms with van der Waals surface area (Å²) in [4.78, 5) is 11.5. The molecule has 0 bridgehead atoms. The molecule has 21 heavy (non-hydrogen) atoms. The van der Waals surface area contributed by atoms with Crippen molar-refractivity contribution in [3.05, 3.63) is 56.7 Å². The maximum Gasteiger partial charge on any atom is 0.131 e. The normalized spacial score (nSPS) is 14.2. The molecule has 0 aliphatic carbocycles. The van der Waals surface area contributed by atoms with Crippen LogP contribution in [-0.2, 0) is 7.05 Å². The third-order valence-corrected chi connectivity index (χ3v) is 5.40. The molecule has 6 heteroatoms. The van der Waals surface area contributed by atoms with E-state index in [4.69, 9.17) is 0 Å². The molecule has 3 aromatic rings. The van der Waals surface area contributed by atoms with Crippen LogP contribution in [0.1, 0.15) is 39.6 Å². The molecule has 0 aliphatic heterocycles. The molecular formula is C15H18N4S2. The standard InChI is InChI=1S/C15H18N4S2/c1-10-9-17-15(21-10)11(2)18-13(12-5-4-8-20-12)14-16-6-7-19(14)3/h4-9,11,13,18H,1-3H3. The number of hydrogen-bond donors (Lipinski definition) is 1. The topological polar surface area (TPSA) is 42.7 Å². The second kappa shape index (κ2) is 6.09. The van der Waals surface area contributed by atoms with Crippen molar-refractivity contribution in [2.75, 3.05) is 0 Å². The van der Waals surface area contributed by atoms with Crippen molar-refractivity contribution in [1.82, 2.24) is 19.9 Å². The summed E-state index contributed by atoms with van der Waals surface area (Å²) in [7, 11) is 2.03. The van der Waals surface area contributed by atoms with Crippen LogP contribution >= 0.6 is 22.7 Å². The Balaban J connectivity index is 1.88. The molecule has 1 N–H and O–H groups in total. The van der Waals surface area contributed by atoms with E-state index in [0.717, 1.165) is 10.8 Å². The first-order valence-electron chi connectivity index (χ1n) is 6.84. The smallest absolute Gasteiger partial charge is 0.131 e. The average molecular weight is 318 g/mol. The number of aromatic nitrogens is 3. The Hall–Kier alpha value is -1.50. The summed E-state index contributed by atoms with van der Waals surface area (Å²) in [5, 5.41) is 6.88. The van der Waals surface area contributed by atoms with Gasteiger partial charge in [0.1, 0.15) is 16.9 Å². The number of hydrogen-bond acceptors (Lipinski definition) is 5. The largest absolute Gasteiger partial charge is 0.336 e. The number of nitrogens with one attached hydrogen (secondary N) is 1. The van der Waals surface area contributed by atoms with Crippen LogP contribution in [0, 0.1) is 6.92 Å². The highest BCUT2D eigenvalue weighted by molar-refractivity contribution is 7.11. The van der Waals surface area contributed by atoms with Crippen molar-refractivity contribution >= 4 is 22.7 Å². The van der Waals surface area contributed by atoms with Gasteiger partial charge in [-0.25, -0.2) is 9.97 Å². The first-order valence-corrected chi connectivity index (χ1v) is 8.53. The zero-order valence-electron chi connectivity index (χ0n) is 12.3. The Bertz CT molecular complexity index is 699. The van der Waals surface area contributed by atoms with Crippen LogP contribution in [-0.4, -0.2) is 14.5 Å². The lowest BCUT2D eigenvalue weighted by molar-refractivity contribution is 0.492. The maximum absolute atomic E-state index is 4.51. The minimum absolute atomic E-state index is 0.0872. The van der Waals surface area contributed by atoms with E-state index in [2.05, 4.69) is 51.2 Å². The zero-order valence-corrected chi connectivity index (χ0v) is 13.9. The van der Waals surface area contributed by atoms with Gasteiger partial charge in [0.05, 0.1) is 6.04 Å². The summed E-state index contributed by atoms with van der Waals surface area (Å²) < 4.78 is 2.07. The van der Waals surface area contributed by atoms with E-state index < -0.39 is 0 Å². The molecule has 2 unspecified atom stereocenters. The van der Waals surface area contributed by atoms with Gasteiger partial charge in [-0.1, -0.05) is 6.07 Å². The summed E-state index contributed by atoms with van der Waals surface area (Å²) in [5.41, 5.74) is 0. The predicted octanol–water partition coefficient (Wildman–Crippen LogP) is 3.69. The molecule has 0 aromatic carbocycles. The van der Waals surface area contributed by atoms with Gasteiger partial charge in [-0.05, 0) is 25.3 Å². The molecule has 3 heterocycles. The van der Waals surface area contributed by atoms with Gasteiger partial charge in [0, 0.05) is 35.4 Å². The monoisotopic (exact) mass is 318 g/mol. The Morgan fingerprint density at radius 3 is 2.76 bits per heavy atom. The molecular weight excluding hydrogens is 300 g/mol. The molecule has 0 aliphatic rings. The third-order valence-electron chi connectivity index (χ3n) is 3.37. The van der Waals surface area contributed by atoms with Gasteiger partial charge in [0.15, 0.2) is 0 Å². The number of aryl methyl sites for hydroxylation is 2. The highest BCUT2D eigenvalue weighted by Crippen LogP contribution is 2.29. The lowest BCUT2D eigenvalue weighted by Crippen LogP contribution is -2.27. The Morgan fingerprint density at radius 2 is 2.19 bits per heavy atom. The van der Waals surface area contributed by atoms with E-state index in [1.165, 1.54) is 9.75 Å². The fourth-order valence-electron chi connectivity index (χ4n) is 2.29. The van der Waals surface area contributed by atoms with Gasteiger partial charge >= 0.3 is 0 Å². The van der Waals surface area contributed by atoms with E-state index in [1.54, 1.807) is 22.7 Å². The van der Waals surface area contributed by atoms with Gasteiger partial charge in [-0.2, -0.15) is 0 Å². The summed E-state index contributed by atoms with van der Waals surface area (Å²) >= 11 is 3.49. The highest BCUT2D eigenvalue weighted by atomic mass is 32.1. The van der Waals surface area contributed by atoms with Gasteiger partial charge < -0.3 is 4.57 Å². The van der Waals surface area contributed by atoms with Crippen LogP contribution in [0.15, 0.2) is 36.1 Å². The average Bonchev–Trinajstić information content (AvgIpc) is 3.17. The summed E-state index contributed by atoms with van der Waals surface area (Å²) in [5.74, 6) is 1.03. The van der Waals surface area contributed by atoms with E-state index in [0.29, 0.717) is 0 Å². The molecule has 3 aromatic heterocycles. The maximum atomic E-state index is 4.51. The Labute approximate surface area is 132 Å². The molecule has 4 nitrogen and oxygen atoms in total. The van der Waals surface area contributed by atoms with Crippen LogP contribution < -0.4 is 5.32 Å². The minimum atomic E-state index is 0.0872. The van der Waals surface area contributed by atoms with E-state index in [9.17, 15) is 0 Å². The minimum Gasteiger partial charge on any atom is -0.336 e. The number of imidazole rings is 1. The molecule has 0 fully saturated rings. The van der Waals surface area contributed by atoms with Crippen molar-refractivity contribution in [3.63, 3.8) is 0 Å². The van der Waals surface area contributed by atoms with Gasteiger partial charge in [-0.3, -0.25) is 5.32 Å². The molecule has 3 rings (SSSR count). The van der Waals surface area contributed by atoms with Gasteiger partial charge in [-0.15, -0.1) is 22.7 Å². The number of nitrogens with zero attached hydrogens (tertiary/aromatic N) is 3. The van der Waals surface area contributed by atoms with Crippen LogP contribution in [0.3, 0.4) is 0 Å². The molecule has 2 atom stereocenters. The molecule has 0 spiro atoms. The Morgan fingerprint density at radius 1 is 1.33 bits per heavy atom. The molecule has 0 saturated heterocycles. The summed E-state index contributed by atoms with van der Waals surface area (Å²) in [6.07, 6.45) is 5.75. The van der Waals surface area contributed by atoms with Gasteiger partial charge in [0.2, 0.25) is 0 Å². The zero-order chi connectivity index (χ0) is 14.8. The second-order valence-corrected chi connectivity index (χ2v) is 7.29. The summed E-state index contributed by atoms with van der Waals surface area (Å²) in [6.45, 7) is 4.24. The fraction of sp³-hybridized carbons (Fsp3) is 0.333. The first kappa shape index (κ1) is 14.4. The van der Waals surface area contributed by atoms with Crippen molar-refractivity contribution in [1.29, 1.82) is 0 Å². The molecule has 110 valence electrons. The highest BCUT2D eigenvalue weighted by Gasteiger charge is 2.22. The lowest BCUT2D eigenvalue weighted by Gasteiger charge is -2.21. The van der Waals surface area contributed by atoms with E-state index >= 15 is 0 Å². The number of thiophene rings is 1. The van der Waals surface area contributed by atoms with Crippen LogP contribution in [0.25, 0.3) is 0 Å². The molecule has 0 saturated carbocycles. The second-order valence-electron chi connectivity index (χ2n) is 5.04. The van der Waals surface area contributed by atoms with Crippen molar-refractivity contribution in [3.8, 4) is 0 Å². The van der Waals surface area contributed by atoms with E-state index in [-0.39, 0.29) is 12.1 Å². The third kappa shape index (κ3) is 3.07. The molecule has 0 radical (unpaired) electrons. The van der Waals surface area contributed by atoms with Gasteiger partial charge in [0.25, 0.3) is 0 Å². The van der Waals surface area contributed by atoms with Crippen molar-refractivity contribution in [2.45, 2.75) is 25.9 Å².